The zero-order valence-electron chi connectivity index (χ0n) is 11.1. The molecule has 1 aromatic heterocycles. The van der Waals surface area contributed by atoms with Crippen molar-refractivity contribution in [2.75, 3.05) is 0 Å². The lowest BCUT2D eigenvalue weighted by Gasteiger charge is -2.10. The second-order valence-corrected chi connectivity index (χ2v) is 7.61. The van der Waals surface area contributed by atoms with Crippen molar-refractivity contribution >= 4 is 50.7 Å². The topological polar surface area (TPSA) is 26.0 Å². The fourth-order valence-corrected chi connectivity index (χ4v) is 2.84. The van der Waals surface area contributed by atoms with Crippen molar-refractivity contribution in [1.82, 2.24) is 4.98 Å². The number of halogens is 4. The molecule has 0 saturated carbocycles. The van der Waals surface area contributed by atoms with Crippen molar-refractivity contribution in [2.45, 2.75) is 3.79 Å². The lowest BCUT2D eigenvalue weighted by Crippen LogP contribution is -1.98. The number of hydrogen-bond acceptors (Lipinski definition) is 2. The Morgan fingerprint density at radius 1 is 0.864 bits per heavy atom. The van der Waals surface area contributed by atoms with Gasteiger partial charge in [-0.3, -0.25) is 0 Å². The van der Waals surface area contributed by atoms with E-state index in [1.165, 1.54) is 0 Å². The van der Waals surface area contributed by atoms with Gasteiger partial charge in [-0.05, 0) is 28.1 Å². The summed E-state index contributed by atoms with van der Waals surface area (Å²) in [5, 5.41) is 0. The van der Waals surface area contributed by atoms with Gasteiger partial charge in [-0.25, -0.2) is 4.98 Å². The number of alkyl halides is 3. The molecule has 3 rings (SSSR count). The van der Waals surface area contributed by atoms with Crippen molar-refractivity contribution < 1.29 is 4.42 Å². The normalized spacial score (nSPS) is 11.6. The molecule has 0 spiro atoms. The van der Waals surface area contributed by atoms with E-state index in [0.29, 0.717) is 21.8 Å². The summed E-state index contributed by atoms with van der Waals surface area (Å²) in [6.45, 7) is 0. The van der Waals surface area contributed by atoms with E-state index in [0.717, 1.165) is 11.1 Å². The van der Waals surface area contributed by atoms with Crippen LogP contribution in [0.1, 0.15) is 5.56 Å². The van der Waals surface area contributed by atoms with Crippen molar-refractivity contribution in [3.63, 3.8) is 0 Å². The van der Waals surface area contributed by atoms with Crippen LogP contribution in [0.25, 0.3) is 22.8 Å². The van der Waals surface area contributed by atoms with Gasteiger partial charge in [-0.15, -0.1) is 0 Å². The quantitative estimate of drug-likeness (QED) is 0.439. The molecule has 0 atom stereocenters. The third kappa shape index (κ3) is 3.33. The number of hydrogen-bond donors (Lipinski definition) is 0. The summed E-state index contributed by atoms with van der Waals surface area (Å²) < 4.78 is 5.07. The highest BCUT2D eigenvalue weighted by atomic mass is 79.9. The first kappa shape index (κ1) is 15.9. The van der Waals surface area contributed by atoms with Gasteiger partial charge in [0.25, 0.3) is 0 Å². The minimum absolute atomic E-state index is 0.501. The van der Waals surface area contributed by atoms with Gasteiger partial charge >= 0.3 is 0 Å². The average Bonchev–Trinajstić information content (AvgIpc) is 2.89. The molecule has 22 heavy (non-hydrogen) atoms. The molecule has 0 amide bonds. The predicted octanol–water partition coefficient (Wildman–Crippen LogP) is 6.60. The lowest BCUT2D eigenvalue weighted by molar-refractivity contribution is 0.588. The average molecular weight is 418 g/mol. The Bertz CT molecular complexity index is 779. The van der Waals surface area contributed by atoms with E-state index in [4.69, 9.17) is 39.2 Å². The van der Waals surface area contributed by atoms with Crippen LogP contribution < -0.4 is 0 Å². The summed E-state index contributed by atoms with van der Waals surface area (Å²) in [5.41, 5.74) is 2.35. The second-order valence-electron chi connectivity index (χ2n) is 4.58. The molecule has 0 fully saturated rings. The standard InChI is InChI=1S/C16H9BrCl3NO/c17-14-13(10-4-2-1-3-5-10)22-15(21-14)11-6-8-12(9-7-11)16(18,19)20/h1-9H. The van der Waals surface area contributed by atoms with Gasteiger partial charge in [-0.2, -0.15) is 0 Å². The molecule has 2 aromatic carbocycles. The first-order chi connectivity index (χ1) is 10.4. The molecule has 0 unspecified atom stereocenters. The zero-order chi connectivity index (χ0) is 15.7. The van der Waals surface area contributed by atoms with Crippen LogP contribution >= 0.6 is 50.7 Å². The fourth-order valence-electron chi connectivity index (χ4n) is 1.99. The Kier molecular flexibility index (Phi) is 4.51. The van der Waals surface area contributed by atoms with E-state index in [1.54, 1.807) is 12.1 Å². The van der Waals surface area contributed by atoms with E-state index in [2.05, 4.69) is 20.9 Å². The Labute approximate surface area is 151 Å². The van der Waals surface area contributed by atoms with E-state index < -0.39 is 3.79 Å². The van der Waals surface area contributed by atoms with Crippen molar-refractivity contribution in [3.05, 3.63) is 64.8 Å². The maximum absolute atomic E-state index is 5.86. The number of benzene rings is 2. The molecule has 0 radical (unpaired) electrons. The van der Waals surface area contributed by atoms with Crippen LogP contribution in [0.4, 0.5) is 0 Å². The molecular weight excluding hydrogens is 408 g/mol. The summed E-state index contributed by atoms with van der Waals surface area (Å²) in [4.78, 5) is 4.40. The Morgan fingerprint density at radius 3 is 2.09 bits per heavy atom. The van der Waals surface area contributed by atoms with Crippen LogP contribution in [0.2, 0.25) is 0 Å². The smallest absolute Gasteiger partial charge is 0.227 e. The highest BCUT2D eigenvalue weighted by Crippen LogP contribution is 2.39. The Balaban J connectivity index is 1.97. The minimum Gasteiger partial charge on any atom is -0.435 e. The van der Waals surface area contributed by atoms with Gasteiger partial charge in [-0.1, -0.05) is 77.3 Å². The van der Waals surface area contributed by atoms with Gasteiger partial charge < -0.3 is 4.42 Å². The minimum atomic E-state index is -1.44. The maximum Gasteiger partial charge on any atom is 0.227 e. The summed E-state index contributed by atoms with van der Waals surface area (Å²) in [6.07, 6.45) is 0. The molecular formula is C16H9BrCl3NO. The summed E-state index contributed by atoms with van der Waals surface area (Å²) in [5.74, 6) is 1.18. The van der Waals surface area contributed by atoms with Crippen molar-refractivity contribution in [1.29, 1.82) is 0 Å². The SMILES string of the molecule is ClC(Cl)(Cl)c1ccc(-c2nc(Br)c(-c3ccccc3)o2)cc1. The third-order valence-electron chi connectivity index (χ3n) is 3.08. The van der Waals surface area contributed by atoms with Crippen molar-refractivity contribution in [2.24, 2.45) is 0 Å². The molecule has 0 aliphatic rings. The molecule has 0 saturated heterocycles. The molecule has 1 heterocycles. The van der Waals surface area contributed by atoms with Crippen LogP contribution in [0.15, 0.2) is 63.6 Å². The van der Waals surface area contributed by atoms with Crippen molar-refractivity contribution in [3.8, 4) is 22.8 Å². The molecule has 0 aliphatic heterocycles. The van der Waals surface area contributed by atoms with Crippen LogP contribution in [0, 0.1) is 0 Å². The number of nitrogens with zero attached hydrogens (tertiary/aromatic N) is 1. The summed E-state index contributed by atoms with van der Waals surface area (Å²) >= 11 is 21.0. The van der Waals surface area contributed by atoms with E-state index >= 15 is 0 Å². The van der Waals surface area contributed by atoms with Gasteiger partial charge in [0.05, 0.1) is 0 Å². The van der Waals surface area contributed by atoms with Gasteiger partial charge in [0, 0.05) is 16.7 Å². The first-order valence-electron chi connectivity index (χ1n) is 6.34. The van der Waals surface area contributed by atoms with Crippen LogP contribution in [-0.4, -0.2) is 4.98 Å². The highest BCUT2D eigenvalue weighted by Gasteiger charge is 2.23. The number of rotatable bonds is 2. The number of aromatic nitrogens is 1. The molecule has 112 valence electrons. The highest BCUT2D eigenvalue weighted by molar-refractivity contribution is 9.10. The van der Waals surface area contributed by atoms with Crippen LogP contribution in [-0.2, 0) is 3.79 Å². The molecule has 0 bridgehead atoms. The van der Waals surface area contributed by atoms with E-state index in [9.17, 15) is 0 Å². The van der Waals surface area contributed by atoms with E-state index in [1.807, 2.05) is 42.5 Å². The summed E-state index contributed by atoms with van der Waals surface area (Å²) in [6, 6.07) is 16.9. The molecule has 2 nitrogen and oxygen atoms in total. The Morgan fingerprint density at radius 2 is 1.50 bits per heavy atom. The molecule has 0 N–H and O–H groups in total. The second kappa shape index (κ2) is 6.25. The summed E-state index contributed by atoms with van der Waals surface area (Å²) in [7, 11) is 0. The predicted molar refractivity (Wildman–Crippen MR) is 94.3 cm³/mol. The first-order valence-corrected chi connectivity index (χ1v) is 8.27. The Hall–Kier alpha value is -1.00. The lowest BCUT2D eigenvalue weighted by atomic mass is 10.1. The van der Waals surface area contributed by atoms with Gasteiger partial charge in [0.1, 0.15) is 0 Å². The molecule has 3 aromatic rings. The van der Waals surface area contributed by atoms with E-state index in [-0.39, 0.29) is 0 Å². The zero-order valence-corrected chi connectivity index (χ0v) is 14.9. The molecule has 0 aliphatic carbocycles. The third-order valence-corrected chi connectivity index (χ3v) is 4.27. The van der Waals surface area contributed by atoms with Crippen LogP contribution in [0.5, 0.6) is 0 Å². The fraction of sp³-hybridized carbons (Fsp3) is 0.0625. The monoisotopic (exact) mass is 415 g/mol. The maximum atomic E-state index is 5.86. The van der Waals surface area contributed by atoms with Gasteiger partial charge in [0.15, 0.2) is 10.4 Å². The largest absolute Gasteiger partial charge is 0.435 e. The van der Waals surface area contributed by atoms with Gasteiger partial charge in [0.2, 0.25) is 9.68 Å². The van der Waals surface area contributed by atoms with Crippen LogP contribution in [0.3, 0.4) is 0 Å². The number of oxazole rings is 1. The molecule has 6 heteroatoms.